The monoisotopic (exact) mass is 358 g/mol. The number of imide groups is 1. The van der Waals surface area contributed by atoms with Crippen molar-refractivity contribution in [3.8, 4) is 0 Å². The summed E-state index contributed by atoms with van der Waals surface area (Å²) in [7, 11) is 1.62. The van der Waals surface area contributed by atoms with Crippen LogP contribution in [0.4, 0.5) is 0 Å². The summed E-state index contributed by atoms with van der Waals surface area (Å²) in [6.07, 6.45) is 2.47. The fourth-order valence-corrected chi connectivity index (χ4v) is 1.90. The molecule has 9 heteroatoms. The van der Waals surface area contributed by atoms with Crippen LogP contribution >= 0.6 is 0 Å². The molecular weight excluding hydrogens is 332 g/mol. The first kappa shape index (κ1) is 21.2. The van der Waals surface area contributed by atoms with Crippen LogP contribution in [0.25, 0.3) is 0 Å². The molecule has 0 saturated heterocycles. The maximum atomic E-state index is 11.6. The molecule has 0 spiro atoms. The van der Waals surface area contributed by atoms with E-state index in [2.05, 4.69) is 5.32 Å². The van der Waals surface area contributed by atoms with Gasteiger partial charge in [-0.25, -0.2) is 0 Å². The Bertz CT molecular complexity index is 436. The summed E-state index contributed by atoms with van der Waals surface area (Å²) >= 11 is 0. The summed E-state index contributed by atoms with van der Waals surface area (Å²) in [6, 6.07) is 0. The number of amides is 3. The molecule has 1 rings (SSSR count). The van der Waals surface area contributed by atoms with Crippen LogP contribution in [0.1, 0.15) is 6.42 Å². The van der Waals surface area contributed by atoms with Gasteiger partial charge in [0, 0.05) is 38.8 Å². The normalized spacial score (nSPS) is 13.7. The number of hydrogen-bond donors (Lipinski definition) is 1. The number of nitrogens with one attached hydrogen (secondary N) is 1. The maximum absolute atomic E-state index is 11.6. The van der Waals surface area contributed by atoms with Gasteiger partial charge in [-0.15, -0.1) is 0 Å². The van der Waals surface area contributed by atoms with E-state index >= 15 is 0 Å². The minimum atomic E-state index is -0.384. The first-order valence-corrected chi connectivity index (χ1v) is 8.17. The molecule has 1 aliphatic rings. The van der Waals surface area contributed by atoms with E-state index in [1.54, 1.807) is 7.11 Å². The standard InChI is InChI=1S/C16H26N2O7/c1-22-8-9-24-12-13-25-11-10-23-7-5-17-14(19)4-6-18-15(20)2-3-16(18)21/h2-3H,4-13H2,1H3,(H,17,19). The zero-order valence-electron chi connectivity index (χ0n) is 14.5. The molecule has 1 N–H and O–H groups in total. The Morgan fingerprint density at radius 2 is 1.44 bits per heavy atom. The highest BCUT2D eigenvalue weighted by Crippen LogP contribution is 2.03. The average Bonchev–Trinajstić information content (AvgIpc) is 2.92. The van der Waals surface area contributed by atoms with Gasteiger partial charge in [0.15, 0.2) is 0 Å². The molecule has 142 valence electrons. The highest BCUT2D eigenvalue weighted by atomic mass is 16.6. The van der Waals surface area contributed by atoms with E-state index in [0.717, 1.165) is 4.90 Å². The minimum absolute atomic E-state index is 0.0747. The molecule has 1 aliphatic heterocycles. The quantitative estimate of drug-likeness (QED) is 0.299. The lowest BCUT2D eigenvalue weighted by atomic mass is 10.3. The van der Waals surface area contributed by atoms with Gasteiger partial charge in [-0.1, -0.05) is 0 Å². The highest BCUT2D eigenvalue weighted by Gasteiger charge is 2.23. The predicted molar refractivity (Wildman–Crippen MR) is 87.8 cm³/mol. The maximum Gasteiger partial charge on any atom is 0.253 e. The third-order valence-corrected chi connectivity index (χ3v) is 3.21. The molecule has 0 aromatic carbocycles. The molecular formula is C16H26N2O7. The molecule has 0 radical (unpaired) electrons. The van der Waals surface area contributed by atoms with Gasteiger partial charge in [-0.2, -0.15) is 0 Å². The fraction of sp³-hybridized carbons (Fsp3) is 0.688. The van der Waals surface area contributed by atoms with Crippen molar-refractivity contribution in [3.63, 3.8) is 0 Å². The number of carbonyl (C=O) groups excluding carboxylic acids is 3. The summed E-state index contributed by atoms with van der Waals surface area (Å²) in [6.45, 7) is 3.80. The third-order valence-electron chi connectivity index (χ3n) is 3.21. The fourth-order valence-electron chi connectivity index (χ4n) is 1.90. The molecule has 25 heavy (non-hydrogen) atoms. The molecule has 3 amide bonds. The third kappa shape index (κ3) is 9.92. The van der Waals surface area contributed by atoms with Crippen molar-refractivity contribution < 1.29 is 33.3 Å². The molecule has 0 aliphatic carbocycles. The number of carbonyl (C=O) groups is 3. The average molecular weight is 358 g/mol. The Hall–Kier alpha value is -1.81. The second-order valence-electron chi connectivity index (χ2n) is 5.09. The van der Waals surface area contributed by atoms with Crippen LogP contribution in [0.5, 0.6) is 0 Å². The van der Waals surface area contributed by atoms with Gasteiger partial charge in [-0.05, 0) is 0 Å². The van der Waals surface area contributed by atoms with Crippen molar-refractivity contribution in [2.45, 2.75) is 6.42 Å². The second-order valence-corrected chi connectivity index (χ2v) is 5.09. The van der Waals surface area contributed by atoms with Gasteiger partial charge in [0.05, 0.1) is 46.2 Å². The first-order valence-electron chi connectivity index (χ1n) is 8.17. The van der Waals surface area contributed by atoms with E-state index < -0.39 is 0 Å². The lowest BCUT2D eigenvalue weighted by molar-refractivity contribution is -0.137. The highest BCUT2D eigenvalue weighted by molar-refractivity contribution is 6.13. The minimum Gasteiger partial charge on any atom is -0.382 e. The summed E-state index contributed by atoms with van der Waals surface area (Å²) < 4.78 is 20.7. The van der Waals surface area contributed by atoms with E-state index in [4.69, 9.17) is 18.9 Å². The van der Waals surface area contributed by atoms with Gasteiger partial charge in [0.1, 0.15) is 0 Å². The lowest BCUT2D eigenvalue weighted by Gasteiger charge is -2.13. The van der Waals surface area contributed by atoms with Gasteiger partial charge < -0.3 is 24.3 Å². The zero-order valence-corrected chi connectivity index (χ0v) is 14.5. The molecule has 9 nitrogen and oxygen atoms in total. The summed E-state index contributed by atoms with van der Waals surface area (Å²) in [5.74, 6) is -1.00. The number of ether oxygens (including phenoxy) is 4. The SMILES string of the molecule is COCCOCCOCCOCCNC(=O)CCN1C(=O)C=CC1=O. The largest absolute Gasteiger partial charge is 0.382 e. The van der Waals surface area contributed by atoms with Gasteiger partial charge in [0.2, 0.25) is 5.91 Å². The Morgan fingerprint density at radius 1 is 0.920 bits per heavy atom. The van der Waals surface area contributed by atoms with Crippen LogP contribution in [0.15, 0.2) is 12.2 Å². The van der Waals surface area contributed by atoms with Gasteiger partial charge in [-0.3, -0.25) is 19.3 Å². The van der Waals surface area contributed by atoms with Crippen molar-refractivity contribution in [2.24, 2.45) is 0 Å². The number of hydrogen-bond acceptors (Lipinski definition) is 7. The van der Waals surface area contributed by atoms with Crippen molar-refractivity contribution >= 4 is 17.7 Å². The van der Waals surface area contributed by atoms with E-state index in [1.807, 2.05) is 0 Å². The topological polar surface area (TPSA) is 103 Å². The Morgan fingerprint density at radius 3 is 2.00 bits per heavy atom. The molecule has 0 saturated carbocycles. The van der Waals surface area contributed by atoms with Crippen LogP contribution in [0.2, 0.25) is 0 Å². The van der Waals surface area contributed by atoms with Crippen molar-refractivity contribution in [1.29, 1.82) is 0 Å². The molecule has 0 aromatic rings. The van der Waals surface area contributed by atoms with Crippen LogP contribution < -0.4 is 5.32 Å². The molecule has 0 bridgehead atoms. The predicted octanol–water partition coefficient (Wildman–Crippen LogP) is -0.886. The number of rotatable bonds is 15. The second kappa shape index (κ2) is 13.5. The summed E-state index contributed by atoms with van der Waals surface area (Å²) in [5, 5.41) is 2.66. The van der Waals surface area contributed by atoms with Crippen LogP contribution in [-0.4, -0.2) is 89.1 Å². The Labute approximate surface area is 147 Å². The number of methoxy groups -OCH3 is 1. The van der Waals surface area contributed by atoms with Crippen LogP contribution in [0, 0.1) is 0 Å². The molecule has 0 atom stereocenters. The smallest absolute Gasteiger partial charge is 0.253 e. The van der Waals surface area contributed by atoms with E-state index in [0.29, 0.717) is 52.8 Å². The van der Waals surface area contributed by atoms with E-state index in [-0.39, 0.29) is 30.7 Å². The van der Waals surface area contributed by atoms with Gasteiger partial charge >= 0.3 is 0 Å². The Balaban J connectivity index is 1.85. The summed E-state index contributed by atoms with van der Waals surface area (Å²) in [4.78, 5) is 35.3. The molecule has 1 heterocycles. The van der Waals surface area contributed by atoms with Crippen LogP contribution in [-0.2, 0) is 33.3 Å². The number of nitrogens with zero attached hydrogens (tertiary/aromatic N) is 1. The Kier molecular flexibility index (Phi) is 11.4. The first-order chi connectivity index (χ1) is 12.1. The van der Waals surface area contributed by atoms with E-state index in [1.165, 1.54) is 12.2 Å². The van der Waals surface area contributed by atoms with Crippen molar-refractivity contribution in [1.82, 2.24) is 10.2 Å². The molecule has 0 unspecified atom stereocenters. The van der Waals surface area contributed by atoms with E-state index in [9.17, 15) is 14.4 Å². The van der Waals surface area contributed by atoms with Crippen molar-refractivity contribution in [3.05, 3.63) is 12.2 Å². The summed E-state index contributed by atoms with van der Waals surface area (Å²) in [5.41, 5.74) is 0. The van der Waals surface area contributed by atoms with Crippen LogP contribution in [0.3, 0.4) is 0 Å². The lowest BCUT2D eigenvalue weighted by Crippen LogP contribution is -2.35. The van der Waals surface area contributed by atoms with Gasteiger partial charge in [0.25, 0.3) is 11.8 Å². The molecule has 0 aromatic heterocycles. The van der Waals surface area contributed by atoms with Crippen molar-refractivity contribution in [2.75, 3.05) is 66.4 Å². The zero-order chi connectivity index (χ0) is 18.3. The molecule has 0 fully saturated rings.